The van der Waals surface area contributed by atoms with Gasteiger partial charge < -0.3 is 15.4 Å². The molecule has 0 aliphatic heterocycles. The van der Waals surface area contributed by atoms with Crippen LogP contribution in [0.15, 0.2) is 30.3 Å². The number of ether oxygens (including phenoxy) is 1. The van der Waals surface area contributed by atoms with Gasteiger partial charge in [0.25, 0.3) is 5.91 Å². The molecule has 1 aromatic carbocycles. The van der Waals surface area contributed by atoms with Crippen molar-refractivity contribution in [2.24, 2.45) is 0 Å². The predicted molar refractivity (Wildman–Crippen MR) is 97.6 cm³/mol. The molecule has 1 aliphatic rings. The Morgan fingerprint density at radius 2 is 1.78 bits per heavy atom. The average Bonchev–Trinajstić information content (AvgIpc) is 3.13. The number of carbonyl (C=O) groups is 4. The molecule has 1 aliphatic carbocycles. The van der Waals surface area contributed by atoms with Crippen LogP contribution < -0.4 is 16.0 Å². The summed E-state index contributed by atoms with van der Waals surface area (Å²) in [5.41, 5.74) is 0.824. The van der Waals surface area contributed by atoms with Gasteiger partial charge in [0.15, 0.2) is 6.10 Å². The van der Waals surface area contributed by atoms with Gasteiger partial charge in [-0.25, -0.2) is 4.79 Å². The van der Waals surface area contributed by atoms with Crippen LogP contribution in [-0.2, 0) is 25.5 Å². The fourth-order valence-corrected chi connectivity index (χ4v) is 2.81. The first-order valence-corrected chi connectivity index (χ1v) is 9.05. The van der Waals surface area contributed by atoms with Gasteiger partial charge in [0.2, 0.25) is 5.91 Å². The summed E-state index contributed by atoms with van der Waals surface area (Å²) in [6.45, 7) is 1.01. The van der Waals surface area contributed by atoms with Crippen LogP contribution in [0, 0.1) is 0 Å². The molecule has 0 saturated heterocycles. The van der Waals surface area contributed by atoms with Gasteiger partial charge in [0.05, 0.1) is 6.42 Å². The Labute approximate surface area is 158 Å². The molecule has 1 fully saturated rings. The summed E-state index contributed by atoms with van der Waals surface area (Å²) in [4.78, 5) is 47.2. The Balaban J connectivity index is 1.65. The Bertz CT molecular complexity index is 671. The van der Waals surface area contributed by atoms with Crippen molar-refractivity contribution < 1.29 is 23.9 Å². The lowest BCUT2D eigenvalue weighted by Gasteiger charge is -2.15. The molecule has 146 valence electrons. The third-order valence-corrected chi connectivity index (χ3v) is 4.24. The normalized spacial score (nSPS) is 14.9. The van der Waals surface area contributed by atoms with Crippen LogP contribution in [0.2, 0.25) is 0 Å². The number of imide groups is 1. The summed E-state index contributed by atoms with van der Waals surface area (Å²) in [6, 6.07) is 8.59. The van der Waals surface area contributed by atoms with Crippen LogP contribution in [0.3, 0.4) is 0 Å². The maximum Gasteiger partial charge on any atom is 0.326 e. The molecular weight excluding hydrogens is 350 g/mol. The monoisotopic (exact) mass is 375 g/mol. The molecule has 1 atom stereocenters. The molecule has 0 unspecified atom stereocenters. The predicted octanol–water partition coefficient (Wildman–Crippen LogP) is 1.05. The van der Waals surface area contributed by atoms with Crippen molar-refractivity contribution >= 4 is 23.8 Å². The van der Waals surface area contributed by atoms with Crippen molar-refractivity contribution in [2.75, 3.05) is 6.54 Å². The number of nitrogens with one attached hydrogen (secondary N) is 3. The Hall–Kier alpha value is -2.90. The minimum Gasteiger partial charge on any atom is -0.451 e. The molecule has 0 spiro atoms. The summed E-state index contributed by atoms with van der Waals surface area (Å²) in [5.74, 6) is -1.80. The molecule has 0 heterocycles. The molecule has 0 aromatic heterocycles. The van der Waals surface area contributed by atoms with E-state index in [2.05, 4.69) is 16.0 Å². The molecule has 1 aromatic rings. The SMILES string of the molecule is C[C@H](OC(=O)CNC(=O)Cc1ccccc1)C(=O)NC(=O)NC1CCCC1. The Morgan fingerprint density at radius 1 is 1.11 bits per heavy atom. The quantitative estimate of drug-likeness (QED) is 0.617. The number of benzene rings is 1. The van der Waals surface area contributed by atoms with E-state index in [4.69, 9.17) is 4.74 Å². The summed E-state index contributed by atoms with van der Waals surface area (Å²) in [5, 5.41) is 7.31. The summed E-state index contributed by atoms with van der Waals surface area (Å²) >= 11 is 0. The maximum atomic E-state index is 11.9. The van der Waals surface area contributed by atoms with Crippen molar-refractivity contribution in [1.82, 2.24) is 16.0 Å². The lowest BCUT2D eigenvalue weighted by molar-refractivity contribution is -0.154. The Kier molecular flexibility index (Phi) is 7.79. The van der Waals surface area contributed by atoms with E-state index in [1.54, 1.807) is 12.1 Å². The van der Waals surface area contributed by atoms with E-state index in [0.717, 1.165) is 31.2 Å². The van der Waals surface area contributed by atoms with Crippen molar-refractivity contribution in [3.8, 4) is 0 Å². The Morgan fingerprint density at radius 3 is 2.44 bits per heavy atom. The van der Waals surface area contributed by atoms with Gasteiger partial charge >= 0.3 is 12.0 Å². The van der Waals surface area contributed by atoms with Crippen LogP contribution in [-0.4, -0.2) is 42.5 Å². The number of hydrogen-bond donors (Lipinski definition) is 3. The van der Waals surface area contributed by atoms with E-state index in [-0.39, 0.29) is 24.9 Å². The number of esters is 1. The molecule has 1 saturated carbocycles. The van der Waals surface area contributed by atoms with E-state index in [0.29, 0.717) is 0 Å². The highest BCUT2D eigenvalue weighted by atomic mass is 16.5. The van der Waals surface area contributed by atoms with E-state index >= 15 is 0 Å². The molecule has 27 heavy (non-hydrogen) atoms. The second-order valence-corrected chi connectivity index (χ2v) is 6.52. The standard InChI is InChI=1S/C19H25N3O5/c1-13(18(25)22-19(26)21-15-9-5-6-10-15)27-17(24)12-20-16(23)11-14-7-3-2-4-8-14/h2-4,7-8,13,15H,5-6,9-12H2,1H3,(H,20,23)(H2,21,22,25,26)/t13-/m0/s1. The molecule has 2 rings (SSSR count). The zero-order valence-corrected chi connectivity index (χ0v) is 15.3. The van der Waals surface area contributed by atoms with Gasteiger partial charge in [0.1, 0.15) is 6.54 Å². The van der Waals surface area contributed by atoms with E-state index in [9.17, 15) is 19.2 Å². The highest BCUT2D eigenvalue weighted by molar-refractivity contribution is 5.97. The summed E-state index contributed by atoms with van der Waals surface area (Å²) in [7, 11) is 0. The van der Waals surface area contributed by atoms with Crippen LogP contribution in [0.25, 0.3) is 0 Å². The molecule has 8 nitrogen and oxygen atoms in total. The molecule has 0 radical (unpaired) electrons. The van der Waals surface area contributed by atoms with Gasteiger partial charge in [-0.05, 0) is 25.3 Å². The lowest BCUT2D eigenvalue weighted by Crippen LogP contribution is -2.47. The average molecular weight is 375 g/mol. The first kappa shape index (κ1) is 20.4. The number of urea groups is 1. The topological polar surface area (TPSA) is 114 Å². The van der Waals surface area contributed by atoms with Gasteiger partial charge in [-0.15, -0.1) is 0 Å². The van der Waals surface area contributed by atoms with Gasteiger partial charge in [-0.3, -0.25) is 19.7 Å². The zero-order chi connectivity index (χ0) is 19.6. The van der Waals surface area contributed by atoms with Gasteiger partial charge in [-0.2, -0.15) is 0 Å². The highest BCUT2D eigenvalue weighted by Gasteiger charge is 2.22. The van der Waals surface area contributed by atoms with Crippen LogP contribution in [0.5, 0.6) is 0 Å². The van der Waals surface area contributed by atoms with E-state index in [1.165, 1.54) is 6.92 Å². The first-order chi connectivity index (χ1) is 12.9. The largest absolute Gasteiger partial charge is 0.451 e. The smallest absolute Gasteiger partial charge is 0.326 e. The maximum absolute atomic E-state index is 11.9. The third-order valence-electron chi connectivity index (χ3n) is 4.24. The van der Waals surface area contributed by atoms with E-state index in [1.807, 2.05) is 18.2 Å². The zero-order valence-electron chi connectivity index (χ0n) is 15.3. The second-order valence-electron chi connectivity index (χ2n) is 6.52. The molecule has 8 heteroatoms. The minimum atomic E-state index is -1.14. The molecule has 0 bridgehead atoms. The van der Waals surface area contributed by atoms with Crippen LogP contribution >= 0.6 is 0 Å². The highest BCUT2D eigenvalue weighted by Crippen LogP contribution is 2.17. The summed E-state index contributed by atoms with van der Waals surface area (Å²) < 4.78 is 4.94. The van der Waals surface area contributed by atoms with Crippen LogP contribution in [0.1, 0.15) is 38.2 Å². The summed E-state index contributed by atoms with van der Waals surface area (Å²) in [6.07, 6.45) is 2.92. The second kappa shape index (κ2) is 10.3. The fourth-order valence-electron chi connectivity index (χ4n) is 2.81. The number of hydrogen-bond acceptors (Lipinski definition) is 5. The van der Waals surface area contributed by atoms with E-state index < -0.39 is 24.0 Å². The van der Waals surface area contributed by atoms with Crippen LogP contribution in [0.4, 0.5) is 4.79 Å². The number of carbonyl (C=O) groups excluding carboxylic acids is 4. The molecule has 3 N–H and O–H groups in total. The third kappa shape index (κ3) is 7.47. The fraction of sp³-hybridized carbons (Fsp3) is 0.474. The lowest BCUT2D eigenvalue weighted by atomic mass is 10.1. The van der Waals surface area contributed by atoms with Crippen molar-refractivity contribution in [2.45, 2.75) is 51.2 Å². The number of rotatable bonds is 7. The molecule has 4 amide bonds. The van der Waals surface area contributed by atoms with Crippen molar-refractivity contribution in [3.63, 3.8) is 0 Å². The van der Waals surface area contributed by atoms with Gasteiger partial charge in [-0.1, -0.05) is 43.2 Å². The minimum absolute atomic E-state index is 0.0792. The molecular formula is C19H25N3O5. The van der Waals surface area contributed by atoms with Crippen molar-refractivity contribution in [3.05, 3.63) is 35.9 Å². The first-order valence-electron chi connectivity index (χ1n) is 9.05. The van der Waals surface area contributed by atoms with Gasteiger partial charge in [0, 0.05) is 6.04 Å². The number of amides is 4. The van der Waals surface area contributed by atoms with Crippen molar-refractivity contribution in [1.29, 1.82) is 0 Å².